The molecule has 0 amide bonds. The van der Waals surface area contributed by atoms with Gasteiger partial charge >= 0.3 is 5.97 Å². The predicted molar refractivity (Wildman–Crippen MR) is 109 cm³/mol. The third kappa shape index (κ3) is 5.61. The van der Waals surface area contributed by atoms with Crippen molar-refractivity contribution in [1.29, 1.82) is 0 Å². The molecular weight excluding hydrogens is 352 g/mol. The summed E-state index contributed by atoms with van der Waals surface area (Å²) in [6, 6.07) is 23.6. The van der Waals surface area contributed by atoms with Crippen molar-refractivity contribution in [3.63, 3.8) is 0 Å². The van der Waals surface area contributed by atoms with Gasteiger partial charge in [-0.05, 0) is 60.4 Å². The number of hydrogen-bond acceptors (Lipinski definition) is 4. The summed E-state index contributed by atoms with van der Waals surface area (Å²) < 4.78 is 16.5. The Morgan fingerprint density at radius 3 is 2.39 bits per heavy atom. The van der Waals surface area contributed by atoms with Crippen molar-refractivity contribution in [1.82, 2.24) is 0 Å². The van der Waals surface area contributed by atoms with Crippen LogP contribution in [0, 0.1) is 6.92 Å². The average molecular weight is 376 g/mol. The molecule has 4 heteroatoms. The number of carbonyl (C=O) groups is 1. The number of benzene rings is 3. The second-order valence-corrected chi connectivity index (χ2v) is 6.52. The minimum Gasteiger partial charge on any atom is -0.489 e. The Morgan fingerprint density at radius 2 is 1.64 bits per heavy atom. The van der Waals surface area contributed by atoms with Crippen molar-refractivity contribution in [3.8, 4) is 17.2 Å². The lowest BCUT2D eigenvalue weighted by Crippen LogP contribution is -2.02. The molecule has 0 heterocycles. The van der Waals surface area contributed by atoms with E-state index in [4.69, 9.17) is 9.47 Å². The van der Waals surface area contributed by atoms with E-state index >= 15 is 0 Å². The summed E-state index contributed by atoms with van der Waals surface area (Å²) in [7, 11) is 1.40. The van der Waals surface area contributed by atoms with Crippen molar-refractivity contribution in [2.45, 2.75) is 26.4 Å². The van der Waals surface area contributed by atoms with Gasteiger partial charge in [-0.2, -0.15) is 0 Å². The fourth-order valence-electron chi connectivity index (χ4n) is 2.76. The minimum absolute atomic E-state index is 0.201. The number of aryl methyl sites for hydroxylation is 2. The van der Waals surface area contributed by atoms with Crippen LogP contribution in [0.5, 0.6) is 17.2 Å². The lowest BCUT2D eigenvalue weighted by atomic mass is 10.1. The van der Waals surface area contributed by atoms with Crippen molar-refractivity contribution in [3.05, 3.63) is 89.5 Å². The quantitative estimate of drug-likeness (QED) is 0.489. The van der Waals surface area contributed by atoms with Gasteiger partial charge < -0.3 is 14.2 Å². The van der Waals surface area contributed by atoms with Gasteiger partial charge in [-0.1, -0.05) is 42.5 Å². The Balaban J connectivity index is 1.56. The first-order valence-electron chi connectivity index (χ1n) is 9.25. The van der Waals surface area contributed by atoms with Gasteiger partial charge in [0.15, 0.2) is 0 Å². The molecule has 0 aliphatic carbocycles. The molecule has 0 saturated heterocycles. The molecule has 0 fully saturated rings. The molecule has 0 aliphatic rings. The van der Waals surface area contributed by atoms with Gasteiger partial charge in [0.25, 0.3) is 0 Å². The van der Waals surface area contributed by atoms with E-state index in [1.165, 1.54) is 7.11 Å². The first-order chi connectivity index (χ1) is 13.6. The number of ether oxygens (including phenoxy) is 3. The van der Waals surface area contributed by atoms with Gasteiger partial charge in [-0.25, -0.2) is 0 Å². The first kappa shape index (κ1) is 19.5. The van der Waals surface area contributed by atoms with Gasteiger partial charge in [0.05, 0.1) is 7.11 Å². The van der Waals surface area contributed by atoms with Gasteiger partial charge in [0.1, 0.15) is 23.9 Å². The average Bonchev–Trinajstić information content (AvgIpc) is 2.73. The van der Waals surface area contributed by atoms with E-state index in [1.807, 2.05) is 79.7 Å². The molecule has 0 N–H and O–H groups in total. The normalized spacial score (nSPS) is 10.4. The molecule has 0 saturated carbocycles. The third-order valence-electron chi connectivity index (χ3n) is 4.39. The summed E-state index contributed by atoms with van der Waals surface area (Å²) in [6.07, 6.45) is 1.04. The topological polar surface area (TPSA) is 44.8 Å². The Morgan fingerprint density at radius 1 is 0.857 bits per heavy atom. The van der Waals surface area contributed by atoms with E-state index < -0.39 is 0 Å². The van der Waals surface area contributed by atoms with Crippen LogP contribution in [0.4, 0.5) is 0 Å². The van der Waals surface area contributed by atoms with E-state index in [0.29, 0.717) is 19.4 Å². The molecule has 0 atom stereocenters. The molecule has 0 aliphatic heterocycles. The molecule has 4 nitrogen and oxygen atoms in total. The first-order valence-corrected chi connectivity index (χ1v) is 9.25. The molecular formula is C24H24O4. The molecule has 0 bridgehead atoms. The smallest absolute Gasteiger partial charge is 0.305 e. The maximum absolute atomic E-state index is 11.2. The second-order valence-electron chi connectivity index (χ2n) is 6.52. The number of rotatable bonds is 8. The van der Waals surface area contributed by atoms with Crippen molar-refractivity contribution in [2.75, 3.05) is 7.11 Å². The Bertz CT molecular complexity index is 916. The van der Waals surface area contributed by atoms with E-state index in [1.54, 1.807) is 0 Å². The number of hydrogen-bond donors (Lipinski definition) is 0. The number of esters is 1. The van der Waals surface area contributed by atoms with Crippen molar-refractivity contribution < 1.29 is 19.0 Å². The zero-order valence-electron chi connectivity index (χ0n) is 16.2. The van der Waals surface area contributed by atoms with Crippen LogP contribution in [0.15, 0.2) is 72.8 Å². The van der Waals surface area contributed by atoms with Crippen LogP contribution in [0.25, 0.3) is 0 Å². The van der Waals surface area contributed by atoms with Gasteiger partial charge in [0.2, 0.25) is 0 Å². The summed E-state index contributed by atoms with van der Waals surface area (Å²) >= 11 is 0. The second kappa shape index (κ2) is 9.60. The maximum Gasteiger partial charge on any atom is 0.305 e. The Hall–Kier alpha value is -3.27. The summed E-state index contributed by atoms with van der Waals surface area (Å²) in [5.41, 5.74) is 3.20. The lowest BCUT2D eigenvalue weighted by molar-refractivity contribution is -0.140. The van der Waals surface area contributed by atoms with E-state index in [-0.39, 0.29) is 5.97 Å². The summed E-state index contributed by atoms with van der Waals surface area (Å²) in [5.74, 6) is 2.22. The van der Waals surface area contributed by atoms with Gasteiger partial charge in [-0.15, -0.1) is 0 Å². The predicted octanol–water partition coefficient (Wildman–Crippen LogP) is 5.47. The SMILES string of the molecule is COC(=O)CCc1ccc(OCc2cccc(Oc3ccccc3C)c2)cc1. The number of carbonyl (C=O) groups excluding carboxylic acids is 1. The van der Waals surface area contributed by atoms with E-state index in [0.717, 1.165) is 33.9 Å². The summed E-state index contributed by atoms with van der Waals surface area (Å²) in [5, 5.41) is 0. The Labute approximate surface area is 165 Å². The Kier molecular flexibility index (Phi) is 6.68. The van der Waals surface area contributed by atoms with Crippen LogP contribution in [0.3, 0.4) is 0 Å². The molecule has 0 spiro atoms. The van der Waals surface area contributed by atoms with Crippen LogP contribution in [0.2, 0.25) is 0 Å². The maximum atomic E-state index is 11.2. The monoisotopic (exact) mass is 376 g/mol. The highest BCUT2D eigenvalue weighted by atomic mass is 16.5. The molecule has 0 unspecified atom stereocenters. The molecule has 3 rings (SSSR count). The molecule has 0 radical (unpaired) electrons. The van der Waals surface area contributed by atoms with Gasteiger partial charge in [-0.3, -0.25) is 4.79 Å². The number of methoxy groups -OCH3 is 1. The highest BCUT2D eigenvalue weighted by Crippen LogP contribution is 2.25. The van der Waals surface area contributed by atoms with Crippen LogP contribution in [0.1, 0.15) is 23.1 Å². The zero-order valence-corrected chi connectivity index (χ0v) is 16.2. The molecule has 3 aromatic rings. The molecule has 3 aromatic carbocycles. The summed E-state index contributed by atoms with van der Waals surface area (Å²) in [6.45, 7) is 2.48. The number of para-hydroxylation sites is 1. The highest BCUT2D eigenvalue weighted by molar-refractivity contribution is 5.69. The molecule has 144 valence electrons. The zero-order chi connectivity index (χ0) is 19.8. The van der Waals surface area contributed by atoms with Crippen molar-refractivity contribution in [2.24, 2.45) is 0 Å². The lowest BCUT2D eigenvalue weighted by Gasteiger charge is -2.11. The fourth-order valence-corrected chi connectivity index (χ4v) is 2.76. The largest absolute Gasteiger partial charge is 0.489 e. The van der Waals surface area contributed by atoms with E-state index in [9.17, 15) is 4.79 Å². The van der Waals surface area contributed by atoms with Crippen molar-refractivity contribution >= 4 is 5.97 Å². The van der Waals surface area contributed by atoms with E-state index in [2.05, 4.69) is 4.74 Å². The van der Waals surface area contributed by atoms with Gasteiger partial charge in [0, 0.05) is 6.42 Å². The standard InChI is InChI=1S/C24H24O4/c1-18-6-3-4-9-23(18)28-22-8-5-7-20(16-22)17-27-21-13-10-19(11-14-21)12-15-24(25)26-2/h3-11,13-14,16H,12,15,17H2,1-2H3. The third-order valence-corrected chi connectivity index (χ3v) is 4.39. The minimum atomic E-state index is -0.201. The van der Waals surface area contributed by atoms with Crippen LogP contribution < -0.4 is 9.47 Å². The summed E-state index contributed by atoms with van der Waals surface area (Å²) in [4.78, 5) is 11.2. The van der Waals surface area contributed by atoms with Crippen LogP contribution in [-0.2, 0) is 22.6 Å². The van der Waals surface area contributed by atoms with Crippen LogP contribution in [-0.4, -0.2) is 13.1 Å². The highest BCUT2D eigenvalue weighted by Gasteiger charge is 2.04. The molecule has 0 aromatic heterocycles. The fraction of sp³-hybridized carbons (Fsp3) is 0.208. The van der Waals surface area contributed by atoms with Crippen LogP contribution >= 0.6 is 0 Å². The molecule has 28 heavy (non-hydrogen) atoms.